The fourth-order valence-electron chi connectivity index (χ4n) is 9.88. The summed E-state index contributed by atoms with van der Waals surface area (Å²) in [5.74, 6) is -7.19. The molecule has 0 bridgehead atoms. The molecule has 11 N–H and O–H groups in total. The van der Waals surface area contributed by atoms with E-state index in [4.69, 9.17) is 5.73 Å². The van der Waals surface area contributed by atoms with E-state index in [2.05, 4.69) is 42.2 Å². The number of aromatic nitrogens is 1. The lowest BCUT2D eigenvalue weighted by molar-refractivity contribution is -0.144. The van der Waals surface area contributed by atoms with Crippen LogP contribution in [0.25, 0.3) is 10.9 Å². The van der Waals surface area contributed by atoms with Gasteiger partial charge in [-0.05, 0) is 78.5 Å². The van der Waals surface area contributed by atoms with Crippen molar-refractivity contribution >= 4 is 64.1 Å². The van der Waals surface area contributed by atoms with Crippen LogP contribution in [-0.2, 0) is 62.4 Å². The molecule has 1 saturated heterocycles. The number of rotatable bonds is 30. The number of aliphatic carboxylic acids is 1. The average Bonchev–Trinajstić information content (AvgIpc) is 4.15. The van der Waals surface area contributed by atoms with Gasteiger partial charge in [0, 0.05) is 36.5 Å². The van der Waals surface area contributed by atoms with Crippen LogP contribution < -0.4 is 43.0 Å². The summed E-state index contributed by atoms with van der Waals surface area (Å²) in [5.41, 5.74) is 9.58. The van der Waals surface area contributed by atoms with Crippen LogP contribution in [0.2, 0.25) is 0 Å². The van der Waals surface area contributed by atoms with E-state index in [1.165, 1.54) is 4.90 Å². The third-order valence-corrected chi connectivity index (χ3v) is 14.8. The molecule has 20 nitrogen and oxygen atoms in total. The smallest absolute Gasteiger partial charge is 0.326 e. The molecular weight excluding hydrogens is 1020 g/mol. The van der Waals surface area contributed by atoms with E-state index >= 15 is 0 Å². The first-order chi connectivity index (χ1) is 38.1. The van der Waals surface area contributed by atoms with Gasteiger partial charge in [0.15, 0.2) is 0 Å². The minimum absolute atomic E-state index is 0.00536. The van der Waals surface area contributed by atoms with E-state index in [-0.39, 0.29) is 50.5 Å². The number of nitrogens with one attached hydrogen (secondary N) is 8. The summed E-state index contributed by atoms with van der Waals surface area (Å²) in [4.78, 5) is 129. The summed E-state index contributed by atoms with van der Waals surface area (Å²) < 4.78 is 0. The van der Waals surface area contributed by atoms with Gasteiger partial charge >= 0.3 is 5.97 Å². The van der Waals surface area contributed by atoms with Gasteiger partial charge < -0.3 is 57.9 Å². The van der Waals surface area contributed by atoms with Crippen molar-refractivity contribution in [2.75, 3.05) is 13.1 Å². The lowest BCUT2D eigenvalue weighted by Crippen LogP contribution is -2.60. The summed E-state index contributed by atoms with van der Waals surface area (Å²) >= 11 is 0. The zero-order valence-electron chi connectivity index (χ0n) is 47.5. The number of nitrogens with zero attached hydrogens (tertiary/aromatic N) is 1. The third-order valence-electron chi connectivity index (χ3n) is 14.8. The number of carboxylic acids is 1. The number of para-hydroxylation sites is 1. The van der Waals surface area contributed by atoms with Crippen molar-refractivity contribution in [2.45, 2.75) is 162 Å². The molecule has 5 rings (SSSR count). The minimum Gasteiger partial charge on any atom is -0.480 e. The van der Waals surface area contributed by atoms with Gasteiger partial charge in [-0.25, -0.2) is 4.79 Å². The zero-order chi connectivity index (χ0) is 58.6. The number of H-pyrrole nitrogens is 1. The number of hydrogen-bond donors (Lipinski definition) is 10. The van der Waals surface area contributed by atoms with Gasteiger partial charge in [-0.3, -0.25) is 38.4 Å². The van der Waals surface area contributed by atoms with Crippen molar-refractivity contribution in [1.82, 2.24) is 47.1 Å². The summed E-state index contributed by atoms with van der Waals surface area (Å²) in [6.07, 6.45) is 4.24. The van der Waals surface area contributed by atoms with Crippen LogP contribution >= 0.6 is 0 Å². The maximum atomic E-state index is 14.4. The Bertz CT molecular complexity index is 2730. The fourth-order valence-corrected chi connectivity index (χ4v) is 9.88. The molecule has 0 radical (unpaired) electrons. The average molecular weight is 1110 g/mol. The maximum absolute atomic E-state index is 14.4. The van der Waals surface area contributed by atoms with Crippen LogP contribution in [0.1, 0.15) is 111 Å². The highest BCUT2D eigenvalue weighted by Gasteiger charge is 2.40. The van der Waals surface area contributed by atoms with Gasteiger partial charge in [0.05, 0.1) is 12.6 Å². The Labute approximate surface area is 469 Å². The van der Waals surface area contributed by atoms with Crippen molar-refractivity contribution in [3.05, 3.63) is 108 Å². The van der Waals surface area contributed by atoms with Gasteiger partial charge in [-0.1, -0.05) is 147 Å². The molecule has 4 aromatic rings. The molecule has 0 spiro atoms. The van der Waals surface area contributed by atoms with E-state index in [0.29, 0.717) is 36.8 Å². The Morgan fingerprint density at radius 3 is 1.71 bits per heavy atom. The number of amides is 8. The first-order valence-electron chi connectivity index (χ1n) is 28.1. The SMILES string of the molecule is CC[C@H](C)[C@H](NC(=O)[C@H](CC(C)C)NC(=O)[C@@H](NC(=O)[C@H](Cc1ccccc1)NC(=O)CNC(=O)[C@H](Cc1ccccc1)NC(=O)[C@@H]1CCCN1C(=O)[C@H](CC(C)C)NC(=O)[C@@H](N)Cc1c[nH]c2ccccc12)[C@@H](C)CC)C(=O)O. The largest absolute Gasteiger partial charge is 0.480 e. The van der Waals surface area contributed by atoms with Gasteiger partial charge in [-0.2, -0.15) is 0 Å². The minimum atomic E-state index is -1.26. The summed E-state index contributed by atoms with van der Waals surface area (Å²) in [5, 5.41) is 30.1. The Morgan fingerprint density at radius 2 is 1.12 bits per heavy atom. The predicted octanol–water partition coefficient (Wildman–Crippen LogP) is 3.81. The molecule has 434 valence electrons. The van der Waals surface area contributed by atoms with E-state index in [1.54, 1.807) is 74.5 Å². The molecule has 2 heterocycles. The Balaban J connectivity index is 1.28. The molecule has 0 saturated carbocycles. The van der Waals surface area contributed by atoms with Crippen LogP contribution in [0.4, 0.5) is 0 Å². The van der Waals surface area contributed by atoms with Crippen LogP contribution in [0.15, 0.2) is 91.1 Å². The molecule has 0 aliphatic carbocycles. The number of carbonyl (C=O) groups is 9. The van der Waals surface area contributed by atoms with Crippen LogP contribution in [-0.4, -0.2) is 130 Å². The van der Waals surface area contributed by atoms with Gasteiger partial charge in [0.25, 0.3) is 0 Å². The number of hydrogen-bond acceptors (Lipinski definition) is 10. The molecule has 20 heteroatoms. The highest BCUT2D eigenvalue weighted by atomic mass is 16.4. The molecule has 1 aliphatic rings. The first-order valence-corrected chi connectivity index (χ1v) is 28.1. The van der Waals surface area contributed by atoms with Crippen molar-refractivity contribution in [2.24, 2.45) is 29.4 Å². The number of benzene rings is 3. The number of aromatic amines is 1. The lowest BCUT2D eigenvalue weighted by Gasteiger charge is -2.31. The Hall–Kier alpha value is -7.61. The fraction of sp³-hybridized carbons (Fsp3) is 0.517. The Kier molecular flexibility index (Phi) is 24.2. The molecular formula is C60H84N10O10. The van der Waals surface area contributed by atoms with E-state index < -0.39 is 120 Å². The monoisotopic (exact) mass is 1100 g/mol. The molecule has 80 heavy (non-hydrogen) atoms. The number of fused-ring (bicyclic) bond motifs is 1. The first kappa shape index (κ1) is 63.2. The second kappa shape index (κ2) is 30.7. The summed E-state index contributed by atoms with van der Waals surface area (Å²) in [6.45, 7) is 14.3. The molecule has 3 aromatic carbocycles. The van der Waals surface area contributed by atoms with Crippen molar-refractivity contribution in [3.63, 3.8) is 0 Å². The molecule has 1 aromatic heterocycles. The normalized spacial score (nSPS) is 16.7. The molecule has 1 aliphatic heterocycles. The third kappa shape index (κ3) is 18.5. The van der Waals surface area contributed by atoms with Crippen LogP contribution in [0.3, 0.4) is 0 Å². The van der Waals surface area contributed by atoms with Gasteiger partial charge in [-0.15, -0.1) is 0 Å². The predicted molar refractivity (Wildman–Crippen MR) is 305 cm³/mol. The van der Waals surface area contributed by atoms with Crippen LogP contribution in [0, 0.1) is 23.7 Å². The number of carboxylic acid groups (broad SMARTS) is 1. The summed E-state index contributed by atoms with van der Waals surface area (Å²) in [7, 11) is 0. The van der Waals surface area contributed by atoms with E-state index in [1.807, 2.05) is 72.0 Å². The topological polar surface area (TPSA) is 303 Å². The van der Waals surface area contributed by atoms with Crippen molar-refractivity contribution < 1.29 is 48.3 Å². The lowest BCUT2D eigenvalue weighted by atomic mass is 9.95. The van der Waals surface area contributed by atoms with Gasteiger partial charge in [0.1, 0.15) is 42.3 Å². The van der Waals surface area contributed by atoms with Crippen molar-refractivity contribution in [1.29, 1.82) is 0 Å². The zero-order valence-corrected chi connectivity index (χ0v) is 47.5. The number of likely N-dealkylation sites (tertiary alicyclic amines) is 1. The number of nitrogens with two attached hydrogens (primary N) is 1. The highest BCUT2D eigenvalue weighted by molar-refractivity contribution is 5.98. The molecule has 10 atom stereocenters. The van der Waals surface area contributed by atoms with Crippen molar-refractivity contribution in [3.8, 4) is 0 Å². The molecule has 0 unspecified atom stereocenters. The van der Waals surface area contributed by atoms with E-state index in [9.17, 15) is 48.3 Å². The van der Waals surface area contributed by atoms with Gasteiger partial charge in [0.2, 0.25) is 47.3 Å². The number of carbonyl (C=O) groups excluding carboxylic acids is 8. The van der Waals surface area contributed by atoms with Crippen LogP contribution in [0.5, 0.6) is 0 Å². The summed E-state index contributed by atoms with van der Waals surface area (Å²) in [6, 6.07) is 16.6. The highest BCUT2D eigenvalue weighted by Crippen LogP contribution is 2.23. The quantitative estimate of drug-likeness (QED) is 0.0358. The second-order valence-corrected chi connectivity index (χ2v) is 22.1. The standard InChI is InChI=1S/C60H84N10O10/c1-9-37(7)51(58(77)66-45(28-35(3)4)55(74)69-52(60(79)80)38(8)10-2)68-56(75)47(31-40-22-15-12-16-23-40)64-50(71)34-63-54(73)46(30-39-20-13-11-14-21-39)65-57(76)49-26-19-27-70(49)59(78)48(29-36(5)6)67-53(72)43(61)32-41-33-62-44-25-18-17-24-42(41)44/h11-18,20-25,33,35-38,43,45-49,51-52,62H,9-10,19,26-32,34,61H2,1-8H3,(H,63,73)(H,64,71)(H,65,76)(H,66,77)(H,67,72)(H,68,75)(H,69,74)(H,79,80)/t37-,38-,43-,45-,46-,47-,48-,49-,51-,52-/m0/s1. The molecule has 1 fully saturated rings. The maximum Gasteiger partial charge on any atom is 0.326 e. The second-order valence-electron chi connectivity index (χ2n) is 22.1. The Morgan fingerprint density at radius 1 is 0.600 bits per heavy atom. The van der Waals surface area contributed by atoms with E-state index in [0.717, 1.165) is 16.5 Å². The molecule has 8 amide bonds.